The SMILES string of the molecule is COCCCn1cc(C)nc1Nc1cc(F)c(F)c(F)c1. The van der Waals surface area contributed by atoms with Crippen LogP contribution in [0.1, 0.15) is 12.1 Å². The van der Waals surface area contributed by atoms with Gasteiger partial charge in [-0.25, -0.2) is 18.2 Å². The van der Waals surface area contributed by atoms with Crippen molar-refractivity contribution in [3.8, 4) is 0 Å². The molecule has 4 nitrogen and oxygen atoms in total. The summed E-state index contributed by atoms with van der Waals surface area (Å²) in [5, 5.41) is 2.79. The number of benzene rings is 1. The van der Waals surface area contributed by atoms with Gasteiger partial charge in [-0.05, 0) is 13.3 Å². The molecule has 0 amide bonds. The second kappa shape index (κ2) is 6.62. The summed E-state index contributed by atoms with van der Waals surface area (Å²) in [7, 11) is 1.61. The van der Waals surface area contributed by atoms with Crippen LogP contribution in [0.5, 0.6) is 0 Å². The van der Waals surface area contributed by atoms with Gasteiger partial charge in [0.15, 0.2) is 17.5 Å². The lowest BCUT2D eigenvalue weighted by atomic mass is 10.3. The molecule has 2 aromatic rings. The maximum absolute atomic E-state index is 13.2. The number of ether oxygens (including phenoxy) is 1. The Labute approximate surface area is 120 Å². The minimum Gasteiger partial charge on any atom is -0.385 e. The van der Waals surface area contributed by atoms with Gasteiger partial charge in [-0.3, -0.25) is 0 Å². The van der Waals surface area contributed by atoms with Crippen molar-refractivity contribution >= 4 is 11.6 Å². The molecule has 0 radical (unpaired) electrons. The molecule has 0 aliphatic heterocycles. The second-order valence-electron chi connectivity index (χ2n) is 4.62. The molecule has 0 aliphatic rings. The fraction of sp³-hybridized carbons (Fsp3) is 0.357. The first-order valence-electron chi connectivity index (χ1n) is 6.45. The van der Waals surface area contributed by atoms with E-state index in [1.54, 1.807) is 7.11 Å². The van der Waals surface area contributed by atoms with Crippen LogP contribution in [0.4, 0.5) is 24.8 Å². The number of hydrogen-bond acceptors (Lipinski definition) is 3. The molecule has 0 bridgehead atoms. The fourth-order valence-corrected chi connectivity index (χ4v) is 1.95. The third-order valence-corrected chi connectivity index (χ3v) is 2.88. The highest BCUT2D eigenvalue weighted by Crippen LogP contribution is 2.21. The summed E-state index contributed by atoms with van der Waals surface area (Å²) in [4.78, 5) is 4.24. The molecule has 2 rings (SSSR count). The lowest BCUT2D eigenvalue weighted by Crippen LogP contribution is -2.06. The number of anilines is 2. The predicted molar refractivity (Wildman–Crippen MR) is 73.1 cm³/mol. The molecule has 0 saturated heterocycles. The number of aromatic nitrogens is 2. The molecule has 0 fully saturated rings. The Balaban J connectivity index is 2.19. The molecule has 114 valence electrons. The van der Waals surface area contributed by atoms with E-state index in [1.165, 1.54) is 0 Å². The molecule has 1 heterocycles. The number of aryl methyl sites for hydroxylation is 2. The number of rotatable bonds is 6. The van der Waals surface area contributed by atoms with Crippen LogP contribution in [-0.2, 0) is 11.3 Å². The van der Waals surface area contributed by atoms with Crippen LogP contribution in [0.3, 0.4) is 0 Å². The molecule has 0 unspecified atom stereocenters. The smallest absolute Gasteiger partial charge is 0.207 e. The first-order chi connectivity index (χ1) is 10.0. The van der Waals surface area contributed by atoms with Crippen molar-refractivity contribution < 1.29 is 17.9 Å². The monoisotopic (exact) mass is 299 g/mol. The highest BCUT2D eigenvalue weighted by atomic mass is 19.2. The molecular weight excluding hydrogens is 283 g/mol. The quantitative estimate of drug-likeness (QED) is 0.656. The van der Waals surface area contributed by atoms with Gasteiger partial charge in [0.1, 0.15) is 0 Å². The van der Waals surface area contributed by atoms with Gasteiger partial charge >= 0.3 is 0 Å². The van der Waals surface area contributed by atoms with Crippen LogP contribution in [-0.4, -0.2) is 23.3 Å². The van der Waals surface area contributed by atoms with Gasteiger partial charge in [-0.15, -0.1) is 0 Å². The molecule has 1 aromatic heterocycles. The van der Waals surface area contributed by atoms with Crippen molar-refractivity contribution in [3.63, 3.8) is 0 Å². The summed E-state index contributed by atoms with van der Waals surface area (Å²) in [5.41, 5.74) is 0.864. The Morgan fingerprint density at radius 2 is 1.90 bits per heavy atom. The van der Waals surface area contributed by atoms with Gasteiger partial charge in [0.2, 0.25) is 5.95 Å². The summed E-state index contributed by atoms with van der Waals surface area (Å²) in [6.45, 7) is 3.05. The predicted octanol–water partition coefficient (Wildman–Crippen LogP) is 3.39. The fourth-order valence-electron chi connectivity index (χ4n) is 1.95. The van der Waals surface area contributed by atoms with E-state index in [9.17, 15) is 13.2 Å². The third-order valence-electron chi connectivity index (χ3n) is 2.88. The van der Waals surface area contributed by atoms with Gasteiger partial charge in [-0.1, -0.05) is 0 Å². The Kier molecular flexibility index (Phi) is 4.85. The maximum Gasteiger partial charge on any atom is 0.207 e. The molecule has 1 N–H and O–H groups in total. The molecular formula is C14H16F3N3O. The van der Waals surface area contributed by atoms with Crippen molar-refractivity contribution in [3.05, 3.63) is 41.5 Å². The zero-order valence-corrected chi connectivity index (χ0v) is 11.8. The molecule has 0 spiro atoms. The number of nitrogens with zero attached hydrogens (tertiary/aromatic N) is 2. The Bertz CT molecular complexity index is 605. The highest BCUT2D eigenvalue weighted by Gasteiger charge is 2.12. The van der Waals surface area contributed by atoms with Gasteiger partial charge in [0, 0.05) is 44.3 Å². The van der Waals surface area contributed by atoms with Crippen molar-refractivity contribution in [2.24, 2.45) is 0 Å². The average Bonchev–Trinajstić information content (AvgIpc) is 2.76. The molecule has 0 atom stereocenters. The lowest BCUT2D eigenvalue weighted by Gasteiger charge is -2.10. The van der Waals surface area contributed by atoms with E-state index in [4.69, 9.17) is 4.74 Å². The largest absolute Gasteiger partial charge is 0.385 e. The van der Waals surface area contributed by atoms with Gasteiger partial charge < -0.3 is 14.6 Å². The number of hydrogen-bond donors (Lipinski definition) is 1. The topological polar surface area (TPSA) is 39.1 Å². The van der Waals surface area contributed by atoms with Crippen molar-refractivity contribution in [2.45, 2.75) is 19.9 Å². The van der Waals surface area contributed by atoms with Crippen LogP contribution < -0.4 is 5.32 Å². The molecule has 7 heteroatoms. The van der Waals surface area contributed by atoms with E-state index in [0.717, 1.165) is 24.2 Å². The minimum atomic E-state index is -1.49. The Morgan fingerprint density at radius 1 is 1.24 bits per heavy atom. The summed E-state index contributed by atoms with van der Waals surface area (Å²) >= 11 is 0. The van der Waals surface area contributed by atoms with Crippen molar-refractivity contribution in [1.82, 2.24) is 9.55 Å². The zero-order valence-electron chi connectivity index (χ0n) is 11.8. The van der Waals surface area contributed by atoms with E-state index < -0.39 is 17.5 Å². The van der Waals surface area contributed by atoms with Gasteiger partial charge in [0.05, 0.1) is 5.69 Å². The highest BCUT2D eigenvalue weighted by molar-refractivity contribution is 5.54. The molecule has 21 heavy (non-hydrogen) atoms. The molecule has 0 aliphatic carbocycles. The average molecular weight is 299 g/mol. The van der Waals surface area contributed by atoms with E-state index in [2.05, 4.69) is 10.3 Å². The lowest BCUT2D eigenvalue weighted by molar-refractivity contribution is 0.190. The first-order valence-corrected chi connectivity index (χ1v) is 6.45. The first kappa shape index (κ1) is 15.4. The summed E-state index contributed by atoms with van der Waals surface area (Å²) in [5.74, 6) is -3.53. The van der Waals surface area contributed by atoms with Crippen LogP contribution in [0.25, 0.3) is 0 Å². The number of nitrogens with one attached hydrogen (secondary N) is 1. The standard InChI is InChI=1S/C14H16F3N3O/c1-9-8-20(4-3-5-21-2)14(18-9)19-10-6-11(15)13(17)12(16)7-10/h6-8H,3-5H2,1-2H3,(H,18,19). The van der Waals surface area contributed by atoms with Crippen molar-refractivity contribution in [2.75, 3.05) is 19.0 Å². The molecule has 1 aromatic carbocycles. The maximum atomic E-state index is 13.2. The minimum absolute atomic E-state index is 0.102. The van der Waals surface area contributed by atoms with Crippen LogP contribution in [0.15, 0.2) is 18.3 Å². The molecule has 0 saturated carbocycles. The number of methoxy groups -OCH3 is 1. The van der Waals surface area contributed by atoms with Gasteiger partial charge in [-0.2, -0.15) is 0 Å². The van der Waals surface area contributed by atoms with E-state index in [0.29, 0.717) is 19.1 Å². The normalized spacial score (nSPS) is 10.9. The summed E-state index contributed by atoms with van der Waals surface area (Å²) in [6.07, 6.45) is 2.58. The van der Waals surface area contributed by atoms with Crippen LogP contribution >= 0.6 is 0 Å². The summed E-state index contributed by atoms with van der Waals surface area (Å²) in [6, 6.07) is 1.78. The second-order valence-corrected chi connectivity index (χ2v) is 4.62. The van der Waals surface area contributed by atoms with Crippen LogP contribution in [0.2, 0.25) is 0 Å². The van der Waals surface area contributed by atoms with Crippen LogP contribution in [0, 0.1) is 24.4 Å². The van der Waals surface area contributed by atoms with E-state index in [1.807, 2.05) is 17.7 Å². The Hall–Kier alpha value is -2.02. The number of imidazole rings is 1. The van der Waals surface area contributed by atoms with E-state index in [-0.39, 0.29) is 5.69 Å². The number of halogens is 3. The van der Waals surface area contributed by atoms with E-state index >= 15 is 0 Å². The summed E-state index contributed by atoms with van der Waals surface area (Å²) < 4.78 is 46.1. The third kappa shape index (κ3) is 3.75. The van der Waals surface area contributed by atoms with Crippen molar-refractivity contribution in [1.29, 1.82) is 0 Å². The zero-order chi connectivity index (χ0) is 15.4. The Morgan fingerprint density at radius 3 is 2.52 bits per heavy atom. The van der Waals surface area contributed by atoms with Gasteiger partial charge in [0.25, 0.3) is 0 Å².